The summed E-state index contributed by atoms with van der Waals surface area (Å²) in [6, 6.07) is 9.71. The SMILES string of the molecule is CCN(CC)C(=O)CN(C)Cc1nnc(-c2c(-c3ccccc3)noc2C)o1. The highest BCUT2D eigenvalue weighted by atomic mass is 16.5. The van der Waals surface area contributed by atoms with Gasteiger partial charge in [-0.25, -0.2) is 0 Å². The minimum absolute atomic E-state index is 0.0773. The Morgan fingerprint density at radius 3 is 2.50 bits per heavy atom. The molecule has 28 heavy (non-hydrogen) atoms. The van der Waals surface area contributed by atoms with E-state index in [0.29, 0.717) is 55.0 Å². The zero-order valence-electron chi connectivity index (χ0n) is 16.7. The van der Waals surface area contributed by atoms with Crippen molar-refractivity contribution in [2.75, 3.05) is 26.7 Å². The van der Waals surface area contributed by atoms with Crippen LogP contribution in [0.5, 0.6) is 0 Å². The molecule has 0 aliphatic rings. The summed E-state index contributed by atoms with van der Waals surface area (Å²) in [5.41, 5.74) is 2.27. The predicted molar refractivity (Wildman–Crippen MR) is 104 cm³/mol. The van der Waals surface area contributed by atoms with Crippen LogP contribution in [0.4, 0.5) is 0 Å². The third-order valence-corrected chi connectivity index (χ3v) is 4.52. The summed E-state index contributed by atoms with van der Waals surface area (Å²) in [6.45, 7) is 7.82. The van der Waals surface area contributed by atoms with Crippen LogP contribution in [-0.4, -0.2) is 57.7 Å². The van der Waals surface area contributed by atoms with E-state index in [2.05, 4.69) is 15.4 Å². The van der Waals surface area contributed by atoms with Crippen LogP contribution in [-0.2, 0) is 11.3 Å². The van der Waals surface area contributed by atoms with Gasteiger partial charge in [0, 0.05) is 18.7 Å². The summed E-state index contributed by atoms with van der Waals surface area (Å²) in [4.78, 5) is 15.9. The highest BCUT2D eigenvalue weighted by Crippen LogP contribution is 2.33. The molecule has 0 saturated carbocycles. The molecule has 0 radical (unpaired) electrons. The van der Waals surface area contributed by atoms with Gasteiger partial charge in [-0.2, -0.15) is 0 Å². The summed E-state index contributed by atoms with van der Waals surface area (Å²) in [5, 5.41) is 12.4. The maximum Gasteiger partial charge on any atom is 0.253 e. The number of amides is 1. The number of rotatable bonds is 8. The molecular formula is C20H25N5O3. The van der Waals surface area contributed by atoms with Crippen LogP contribution in [0.1, 0.15) is 25.5 Å². The molecule has 0 spiro atoms. The molecule has 0 fully saturated rings. The summed E-state index contributed by atoms with van der Waals surface area (Å²) in [7, 11) is 1.85. The molecule has 3 rings (SSSR count). The molecule has 0 aliphatic heterocycles. The number of carbonyl (C=O) groups is 1. The molecule has 148 valence electrons. The Morgan fingerprint density at radius 1 is 1.11 bits per heavy atom. The van der Waals surface area contributed by atoms with E-state index in [0.717, 1.165) is 5.56 Å². The standard InChI is InChI=1S/C20H25N5O3/c1-5-25(6-2)17(26)13-24(4)12-16-21-22-20(27-16)18-14(3)28-23-19(18)15-10-8-7-9-11-15/h7-11H,5-6,12-13H2,1-4H3. The Bertz CT molecular complexity index is 915. The molecule has 0 saturated heterocycles. The van der Waals surface area contributed by atoms with Gasteiger partial charge in [-0.05, 0) is 27.8 Å². The summed E-state index contributed by atoms with van der Waals surface area (Å²) < 4.78 is 11.2. The third-order valence-electron chi connectivity index (χ3n) is 4.52. The van der Waals surface area contributed by atoms with Crippen LogP contribution in [0, 0.1) is 6.92 Å². The van der Waals surface area contributed by atoms with Crippen molar-refractivity contribution in [3.63, 3.8) is 0 Å². The largest absolute Gasteiger partial charge is 0.419 e. The lowest BCUT2D eigenvalue weighted by Crippen LogP contribution is -2.38. The van der Waals surface area contributed by atoms with Gasteiger partial charge in [-0.1, -0.05) is 35.5 Å². The van der Waals surface area contributed by atoms with E-state index in [1.54, 1.807) is 4.90 Å². The van der Waals surface area contributed by atoms with Gasteiger partial charge in [0.1, 0.15) is 17.0 Å². The fourth-order valence-corrected chi connectivity index (χ4v) is 3.03. The molecule has 2 heterocycles. The Labute approximate surface area is 164 Å². The molecule has 0 atom stereocenters. The van der Waals surface area contributed by atoms with Crippen molar-refractivity contribution < 1.29 is 13.7 Å². The minimum atomic E-state index is 0.0773. The lowest BCUT2D eigenvalue weighted by Gasteiger charge is -2.22. The van der Waals surface area contributed by atoms with Crippen LogP contribution in [0.2, 0.25) is 0 Å². The van der Waals surface area contributed by atoms with Crippen molar-refractivity contribution in [2.24, 2.45) is 0 Å². The smallest absolute Gasteiger partial charge is 0.253 e. The van der Waals surface area contributed by atoms with Gasteiger partial charge in [0.05, 0.1) is 13.1 Å². The van der Waals surface area contributed by atoms with Crippen molar-refractivity contribution in [3.05, 3.63) is 42.0 Å². The Balaban J connectivity index is 1.75. The maximum absolute atomic E-state index is 12.2. The van der Waals surface area contributed by atoms with Crippen molar-refractivity contribution in [3.8, 4) is 22.7 Å². The Hall–Kier alpha value is -3.00. The minimum Gasteiger partial charge on any atom is -0.419 e. The summed E-state index contributed by atoms with van der Waals surface area (Å²) in [5.74, 6) is 1.48. The molecule has 0 bridgehead atoms. The van der Waals surface area contributed by atoms with Crippen molar-refractivity contribution >= 4 is 5.91 Å². The van der Waals surface area contributed by atoms with E-state index in [4.69, 9.17) is 8.94 Å². The number of nitrogens with zero attached hydrogens (tertiary/aromatic N) is 5. The van der Waals surface area contributed by atoms with Crippen LogP contribution in [0.25, 0.3) is 22.7 Å². The van der Waals surface area contributed by atoms with E-state index < -0.39 is 0 Å². The highest BCUT2D eigenvalue weighted by Gasteiger charge is 2.22. The first-order valence-electron chi connectivity index (χ1n) is 9.34. The average molecular weight is 383 g/mol. The summed E-state index contributed by atoms with van der Waals surface area (Å²) >= 11 is 0. The van der Waals surface area contributed by atoms with Crippen LogP contribution < -0.4 is 0 Å². The van der Waals surface area contributed by atoms with Gasteiger partial charge in [0.15, 0.2) is 0 Å². The van der Waals surface area contributed by atoms with Crippen molar-refractivity contribution in [1.82, 2.24) is 25.2 Å². The second kappa shape index (κ2) is 8.79. The van der Waals surface area contributed by atoms with Gasteiger partial charge in [-0.3, -0.25) is 9.69 Å². The normalized spacial score (nSPS) is 11.2. The average Bonchev–Trinajstić information content (AvgIpc) is 3.29. The molecule has 3 aromatic rings. The second-order valence-electron chi connectivity index (χ2n) is 6.57. The summed E-state index contributed by atoms with van der Waals surface area (Å²) in [6.07, 6.45) is 0. The number of hydrogen-bond acceptors (Lipinski definition) is 7. The third kappa shape index (κ3) is 4.28. The van der Waals surface area contributed by atoms with Crippen LogP contribution >= 0.6 is 0 Å². The van der Waals surface area contributed by atoms with E-state index >= 15 is 0 Å². The van der Waals surface area contributed by atoms with Crippen molar-refractivity contribution in [1.29, 1.82) is 0 Å². The fourth-order valence-electron chi connectivity index (χ4n) is 3.03. The molecular weight excluding hydrogens is 358 g/mol. The first-order chi connectivity index (χ1) is 13.5. The van der Waals surface area contributed by atoms with Gasteiger partial charge in [0.25, 0.3) is 5.89 Å². The van der Waals surface area contributed by atoms with Crippen LogP contribution in [0.3, 0.4) is 0 Å². The number of likely N-dealkylation sites (N-methyl/N-ethyl adjacent to an activating group) is 2. The molecule has 1 amide bonds. The van der Waals surface area contributed by atoms with E-state index in [-0.39, 0.29) is 5.91 Å². The lowest BCUT2D eigenvalue weighted by atomic mass is 10.1. The topological polar surface area (TPSA) is 88.5 Å². The monoisotopic (exact) mass is 383 g/mol. The van der Waals surface area contributed by atoms with E-state index in [1.807, 2.05) is 63.1 Å². The number of hydrogen-bond donors (Lipinski definition) is 0. The zero-order valence-corrected chi connectivity index (χ0v) is 16.7. The molecule has 8 nitrogen and oxygen atoms in total. The van der Waals surface area contributed by atoms with Gasteiger partial charge in [0.2, 0.25) is 11.8 Å². The number of aromatic nitrogens is 3. The number of carbonyl (C=O) groups excluding carboxylic acids is 1. The fraction of sp³-hybridized carbons (Fsp3) is 0.400. The van der Waals surface area contributed by atoms with Gasteiger partial charge in [-0.15, -0.1) is 10.2 Å². The Morgan fingerprint density at radius 2 is 1.82 bits per heavy atom. The predicted octanol–water partition coefficient (Wildman–Crippen LogP) is 3.00. The van der Waals surface area contributed by atoms with Crippen LogP contribution in [0.15, 0.2) is 39.3 Å². The molecule has 8 heteroatoms. The zero-order chi connectivity index (χ0) is 20.1. The molecule has 2 aromatic heterocycles. The maximum atomic E-state index is 12.2. The Kier molecular flexibility index (Phi) is 6.20. The van der Waals surface area contributed by atoms with E-state index in [1.165, 1.54) is 0 Å². The first kappa shape index (κ1) is 19.8. The van der Waals surface area contributed by atoms with Crippen molar-refractivity contribution in [2.45, 2.75) is 27.3 Å². The quantitative estimate of drug-likeness (QED) is 0.591. The number of benzene rings is 1. The second-order valence-corrected chi connectivity index (χ2v) is 6.57. The van der Waals surface area contributed by atoms with Gasteiger partial charge >= 0.3 is 0 Å². The van der Waals surface area contributed by atoms with E-state index in [9.17, 15) is 4.79 Å². The first-order valence-corrected chi connectivity index (χ1v) is 9.34. The molecule has 0 unspecified atom stereocenters. The lowest BCUT2D eigenvalue weighted by molar-refractivity contribution is -0.131. The number of aryl methyl sites for hydroxylation is 1. The highest BCUT2D eigenvalue weighted by molar-refractivity contribution is 5.78. The molecule has 0 aliphatic carbocycles. The molecule has 0 N–H and O–H groups in total. The van der Waals surface area contributed by atoms with Gasteiger partial charge < -0.3 is 13.8 Å². The molecule has 1 aromatic carbocycles.